The second-order valence-corrected chi connectivity index (χ2v) is 6.48. The van der Waals surface area contributed by atoms with Crippen molar-refractivity contribution in [2.75, 3.05) is 0 Å². The molecule has 6 heteroatoms. The van der Waals surface area contributed by atoms with Crippen molar-refractivity contribution in [1.29, 1.82) is 0 Å². The number of nitrogens with one attached hydrogen (secondary N) is 1. The lowest BCUT2D eigenvalue weighted by Gasteiger charge is -2.25. The van der Waals surface area contributed by atoms with Gasteiger partial charge in [0.05, 0.1) is 22.3 Å². The molecule has 0 unspecified atom stereocenters. The second kappa shape index (κ2) is 6.34. The Bertz CT molecular complexity index is 884. The van der Waals surface area contributed by atoms with Gasteiger partial charge in [0.25, 0.3) is 11.5 Å². The number of fused-ring (bicyclic) bond motifs is 1. The lowest BCUT2D eigenvalue weighted by molar-refractivity contribution is 0.0690. The molecule has 0 saturated carbocycles. The quantitative estimate of drug-likeness (QED) is 0.801. The summed E-state index contributed by atoms with van der Waals surface area (Å²) in [4.78, 5) is 34.4. The van der Waals surface area contributed by atoms with Gasteiger partial charge >= 0.3 is 0 Å². The van der Waals surface area contributed by atoms with E-state index in [-0.39, 0.29) is 24.1 Å². The zero-order valence-corrected chi connectivity index (χ0v) is 13.8. The summed E-state index contributed by atoms with van der Waals surface area (Å²) in [7, 11) is 0. The molecule has 1 aromatic carbocycles. The van der Waals surface area contributed by atoms with Crippen molar-refractivity contribution in [2.45, 2.75) is 26.4 Å². The summed E-state index contributed by atoms with van der Waals surface area (Å²) in [5, 5.41) is 2.43. The minimum atomic E-state index is -0.183. The molecule has 118 valence electrons. The molecule has 0 spiro atoms. The molecule has 0 fully saturated rings. The maximum Gasteiger partial charge on any atom is 0.264 e. The van der Waals surface area contributed by atoms with Crippen molar-refractivity contribution in [3.05, 3.63) is 62.8 Å². The molecule has 3 aromatic rings. The lowest BCUT2D eigenvalue weighted by Crippen LogP contribution is -2.37. The fourth-order valence-corrected chi connectivity index (χ4v) is 3.08. The van der Waals surface area contributed by atoms with Crippen LogP contribution in [0.15, 0.2) is 46.6 Å². The van der Waals surface area contributed by atoms with E-state index < -0.39 is 0 Å². The monoisotopic (exact) mass is 327 g/mol. The topological polar surface area (TPSA) is 66.1 Å². The van der Waals surface area contributed by atoms with E-state index in [1.807, 2.05) is 31.4 Å². The summed E-state index contributed by atoms with van der Waals surface area (Å²) in [5.74, 6) is 0.443. The van der Waals surface area contributed by atoms with Gasteiger partial charge in [0.1, 0.15) is 5.82 Å². The molecule has 0 aliphatic carbocycles. The average molecular weight is 327 g/mol. The van der Waals surface area contributed by atoms with E-state index >= 15 is 0 Å². The molecule has 3 rings (SSSR count). The first-order valence-corrected chi connectivity index (χ1v) is 8.26. The third kappa shape index (κ3) is 3.17. The van der Waals surface area contributed by atoms with Crippen LogP contribution in [0.25, 0.3) is 10.9 Å². The first-order valence-electron chi connectivity index (χ1n) is 7.38. The van der Waals surface area contributed by atoms with E-state index in [4.69, 9.17) is 0 Å². The molecule has 1 N–H and O–H groups in total. The van der Waals surface area contributed by atoms with Crippen molar-refractivity contribution in [3.63, 3.8) is 0 Å². The van der Waals surface area contributed by atoms with Crippen molar-refractivity contribution >= 4 is 28.1 Å². The Morgan fingerprint density at radius 3 is 2.74 bits per heavy atom. The molecule has 23 heavy (non-hydrogen) atoms. The number of aromatic nitrogens is 2. The van der Waals surface area contributed by atoms with Crippen LogP contribution in [0, 0.1) is 0 Å². The number of para-hydroxylation sites is 1. The van der Waals surface area contributed by atoms with Crippen molar-refractivity contribution in [2.24, 2.45) is 0 Å². The molecule has 2 heterocycles. The number of hydrogen-bond acceptors (Lipinski definition) is 4. The summed E-state index contributed by atoms with van der Waals surface area (Å²) >= 11 is 1.41. The van der Waals surface area contributed by atoms with Gasteiger partial charge in [0, 0.05) is 6.04 Å². The SMILES string of the molecule is CC(C)N(Cc1nc2ccccc2c(=O)[nH]1)C(=O)c1cccs1. The van der Waals surface area contributed by atoms with E-state index in [1.54, 1.807) is 29.2 Å². The van der Waals surface area contributed by atoms with Crippen LogP contribution in [0.2, 0.25) is 0 Å². The Morgan fingerprint density at radius 1 is 1.26 bits per heavy atom. The van der Waals surface area contributed by atoms with Gasteiger partial charge in [0.15, 0.2) is 0 Å². The summed E-state index contributed by atoms with van der Waals surface area (Å²) in [6, 6.07) is 10.8. The van der Waals surface area contributed by atoms with Crippen LogP contribution in [0.4, 0.5) is 0 Å². The molecule has 2 aromatic heterocycles. The fourth-order valence-electron chi connectivity index (χ4n) is 2.40. The first kappa shape index (κ1) is 15.4. The fraction of sp³-hybridized carbons (Fsp3) is 0.235. The summed E-state index contributed by atoms with van der Waals surface area (Å²) in [5.41, 5.74) is 0.455. The number of hydrogen-bond donors (Lipinski definition) is 1. The molecule has 0 saturated heterocycles. The molecule has 5 nitrogen and oxygen atoms in total. The van der Waals surface area contributed by atoms with Gasteiger partial charge < -0.3 is 9.88 Å². The van der Waals surface area contributed by atoms with Crippen LogP contribution in [0.5, 0.6) is 0 Å². The predicted molar refractivity (Wildman–Crippen MR) is 91.7 cm³/mol. The summed E-state index contributed by atoms with van der Waals surface area (Å²) < 4.78 is 0. The first-order chi connectivity index (χ1) is 11.1. The molecule has 1 amide bonds. The van der Waals surface area contributed by atoms with Crippen molar-refractivity contribution in [3.8, 4) is 0 Å². The van der Waals surface area contributed by atoms with Crippen molar-refractivity contribution < 1.29 is 4.79 Å². The number of thiophene rings is 1. The molecule has 0 atom stereocenters. The number of rotatable bonds is 4. The Kier molecular flexibility index (Phi) is 4.25. The van der Waals surface area contributed by atoms with Gasteiger partial charge in [-0.1, -0.05) is 18.2 Å². The smallest absolute Gasteiger partial charge is 0.264 e. The number of nitrogens with zero attached hydrogens (tertiary/aromatic N) is 2. The molecular formula is C17H17N3O2S. The van der Waals surface area contributed by atoms with Gasteiger partial charge in [-0.25, -0.2) is 4.98 Å². The van der Waals surface area contributed by atoms with Gasteiger partial charge in [-0.3, -0.25) is 9.59 Å². The Balaban J connectivity index is 1.95. The van der Waals surface area contributed by atoms with E-state index in [2.05, 4.69) is 9.97 Å². The van der Waals surface area contributed by atoms with Crippen LogP contribution < -0.4 is 5.56 Å². The van der Waals surface area contributed by atoms with E-state index in [1.165, 1.54) is 11.3 Å². The Labute approximate surface area is 137 Å². The maximum absolute atomic E-state index is 12.6. The number of benzene rings is 1. The second-order valence-electron chi connectivity index (χ2n) is 5.53. The Hall–Kier alpha value is -2.47. The minimum Gasteiger partial charge on any atom is -0.328 e. The van der Waals surface area contributed by atoms with Crippen molar-refractivity contribution in [1.82, 2.24) is 14.9 Å². The van der Waals surface area contributed by atoms with E-state index in [0.29, 0.717) is 21.6 Å². The standard InChI is InChI=1S/C17H17N3O2S/c1-11(2)20(17(22)14-8-5-9-23-14)10-15-18-13-7-4-3-6-12(13)16(21)19-15/h3-9,11H,10H2,1-2H3,(H,18,19,21). The highest BCUT2D eigenvalue weighted by molar-refractivity contribution is 7.12. The highest BCUT2D eigenvalue weighted by Gasteiger charge is 2.21. The lowest BCUT2D eigenvalue weighted by atomic mass is 10.2. The number of aromatic amines is 1. The number of amides is 1. The molecule has 0 aliphatic rings. The largest absolute Gasteiger partial charge is 0.328 e. The number of carbonyl (C=O) groups excluding carboxylic acids is 1. The highest BCUT2D eigenvalue weighted by Crippen LogP contribution is 2.16. The van der Waals surface area contributed by atoms with Crippen LogP contribution in [0.1, 0.15) is 29.3 Å². The van der Waals surface area contributed by atoms with E-state index in [0.717, 1.165) is 0 Å². The maximum atomic E-state index is 12.6. The highest BCUT2D eigenvalue weighted by atomic mass is 32.1. The van der Waals surface area contributed by atoms with Crippen LogP contribution >= 0.6 is 11.3 Å². The predicted octanol–water partition coefficient (Wildman–Crippen LogP) is 3.04. The molecular weight excluding hydrogens is 310 g/mol. The van der Waals surface area contributed by atoms with Crippen LogP contribution in [-0.4, -0.2) is 26.8 Å². The van der Waals surface area contributed by atoms with Gasteiger partial charge in [0.2, 0.25) is 0 Å². The van der Waals surface area contributed by atoms with E-state index in [9.17, 15) is 9.59 Å². The Morgan fingerprint density at radius 2 is 2.04 bits per heavy atom. The number of carbonyl (C=O) groups is 1. The van der Waals surface area contributed by atoms with Gasteiger partial charge in [-0.15, -0.1) is 11.3 Å². The zero-order chi connectivity index (χ0) is 16.4. The van der Waals surface area contributed by atoms with Gasteiger partial charge in [-0.2, -0.15) is 0 Å². The normalized spacial score (nSPS) is 11.1. The van der Waals surface area contributed by atoms with Crippen LogP contribution in [-0.2, 0) is 6.54 Å². The summed E-state index contributed by atoms with van der Waals surface area (Å²) in [6.45, 7) is 4.17. The minimum absolute atomic E-state index is 0.00127. The zero-order valence-electron chi connectivity index (χ0n) is 12.9. The third-order valence-corrected chi connectivity index (χ3v) is 4.46. The molecule has 0 bridgehead atoms. The average Bonchev–Trinajstić information content (AvgIpc) is 3.06. The van der Waals surface area contributed by atoms with Gasteiger partial charge in [-0.05, 0) is 37.4 Å². The van der Waals surface area contributed by atoms with Crippen LogP contribution in [0.3, 0.4) is 0 Å². The number of H-pyrrole nitrogens is 1. The third-order valence-electron chi connectivity index (χ3n) is 3.60. The summed E-state index contributed by atoms with van der Waals surface area (Å²) in [6.07, 6.45) is 0. The molecule has 0 radical (unpaired) electrons. The molecule has 0 aliphatic heterocycles.